The number of hydrogen-bond donors (Lipinski definition) is 0. The Balaban J connectivity index is 2.11. The summed E-state index contributed by atoms with van der Waals surface area (Å²) in [6, 6.07) is 21.2. The Labute approximate surface area is 159 Å². The van der Waals surface area contributed by atoms with Crippen molar-refractivity contribution < 1.29 is 4.79 Å². The van der Waals surface area contributed by atoms with Gasteiger partial charge in [0.05, 0.1) is 6.04 Å². The van der Waals surface area contributed by atoms with Crippen molar-refractivity contribution in [2.24, 2.45) is 0 Å². The van der Waals surface area contributed by atoms with Gasteiger partial charge in [-0.05, 0) is 24.5 Å². The van der Waals surface area contributed by atoms with Crippen LogP contribution in [-0.4, -0.2) is 17.2 Å². The zero-order chi connectivity index (χ0) is 18.6. The minimum atomic E-state index is -0.0351. The number of aldehydes is 1. The lowest BCUT2D eigenvalue weighted by molar-refractivity contribution is -0.113. The van der Waals surface area contributed by atoms with Crippen molar-refractivity contribution in [1.29, 1.82) is 0 Å². The molecule has 2 aromatic carbocycles. The van der Waals surface area contributed by atoms with E-state index in [2.05, 4.69) is 67.3 Å². The van der Waals surface area contributed by atoms with Crippen molar-refractivity contribution in [2.75, 3.05) is 0 Å². The van der Waals surface area contributed by atoms with E-state index in [-0.39, 0.29) is 12.1 Å². The molecule has 0 N–H and O–H groups in total. The highest BCUT2D eigenvalue weighted by Crippen LogP contribution is 2.26. The molecule has 0 amide bonds. The second kappa shape index (κ2) is 11.6. The number of carbonyl (C=O) groups excluding carboxylic acids is 1. The van der Waals surface area contributed by atoms with Crippen molar-refractivity contribution in [3.63, 3.8) is 0 Å². The van der Waals surface area contributed by atoms with Crippen LogP contribution in [0.4, 0.5) is 0 Å². The molecule has 0 heterocycles. The van der Waals surface area contributed by atoms with Crippen molar-refractivity contribution in [2.45, 2.75) is 71.0 Å². The summed E-state index contributed by atoms with van der Waals surface area (Å²) in [7, 11) is 0. The first-order valence-electron chi connectivity index (χ1n) is 10.1. The third kappa shape index (κ3) is 6.42. The first-order chi connectivity index (χ1) is 12.8. The summed E-state index contributed by atoms with van der Waals surface area (Å²) in [5.74, 6) is 0. The molecule has 0 bridgehead atoms. The molecule has 0 aliphatic heterocycles. The summed E-state index contributed by atoms with van der Waals surface area (Å²) >= 11 is 0. The van der Waals surface area contributed by atoms with E-state index in [0.717, 1.165) is 25.7 Å². The fraction of sp³-hybridized carbons (Fsp3) is 0.458. The van der Waals surface area contributed by atoms with Gasteiger partial charge in [0, 0.05) is 12.6 Å². The van der Waals surface area contributed by atoms with Crippen molar-refractivity contribution in [3.8, 4) is 0 Å². The molecule has 0 aromatic heterocycles. The molecule has 2 aromatic rings. The smallest absolute Gasteiger partial charge is 0.137 e. The van der Waals surface area contributed by atoms with Crippen LogP contribution in [0.1, 0.15) is 69.5 Å². The highest BCUT2D eigenvalue weighted by Gasteiger charge is 2.24. The summed E-state index contributed by atoms with van der Waals surface area (Å²) in [5.41, 5.74) is 2.52. The zero-order valence-electron chi connectivity index (χ0n) is 16.3. The maximum absolute atomic E-state index is 12.0. The van der Waals surface area contributed by atoms with Crippen LogP contribution in [-0.2, 0) is 11.3 Å². The summed E-state index contributed by atoms with van der Waals surface area (Å²) in [5, 5.41) is 0. The quantitative estimate of drug-likeness (QED) is 0.336. The average Bonchev–Trinajstić information content (AvgIpc) is 2.70. The van der Waals surface area contributed by atoms with E-state index in [4.69, 9.17) is 0 Å². The van der Waals surface area contributed by atoms with E-state index in [0.29, 0.717) is 0 Å². The molecular formula is C24H33NO. The molecule has 0 saturated carbocycles. The molecule has 2 atom stereocenters. The average molecular weight is 352 g/mol. The van der Waals surface area contributed by atoms with Crippen molar-refractivity contribution >= 4 is 6.29 Å². The van der Waals surface area contributed by atoms with E-state index in [1.807, 2.05) is 12.1 Å². The number of hydrogen-bond acceptors (Lipinski definition) is 2. The molecule has 2 heteroatoms. The molecule has 0 aliphatic rings. The Bertz CT molecular complexity index is 611. The van der Waals surface area contributed by atoms with E-state index < -0.39 is 0 Å². The first-order valence-corrected chi connectivity index (χ1v) is 10.1. The number of benzene rings is 2. The fourth-order valence-corrected chi connectivity index (χ4v) is 3.53. The van der Waals surface area contributed by atoms with Gasteiger partial charge in [0.15, 0.2) is 0 Å². The number of unbranched alkanes of at least 4 members (excludes halogenated alkanes) is 4. The van der Waals surface area contributed by atoms with Crippen LogP contribution in [0.15, 0.2) is 60.7 Å². The van der Waals surface area contributed by atoms with Gasteiger partial charge in [-0.15, -0.1) is 0 Å². The van der Waals surface area contributed by atoms with Crippen molar-refractivity contribution in [1.82, 2.24) is 4.90 Å². The molecule has 0 radical (unpaired) electrons. The molecule has 2 nitrogen and oxygen atoms in total. The van der Waals surface area contributed by atoms with E-state index in [1.165, 1.54) is 36.8 Å². The van der Waals surface area contributed by atoms with Crippen LogP contribution in [0.2, 0.25) is 0 Å². The van der Waals surface area contributed by atoms with Gasteiger partial charge in [-0.3, -0.25) is 4.90 Å². The third-order valence-corrected chi connectivity index (χ3v) is 5.17. The van der Waals surface area contributed by atoms with Crippen LogP contribution in [0, 0.1) is 0 Å². The van der Waals surface area contributed by atoms with Crippen LogP contribution >= 0.6 is 0 Å². The lowest BCUT2D eigenvalue weighted by Gasteiger charge is -2.34. The van der Waals surface area contributed by atoms with Crippen LogP contribution in [0.25, 0.3) is 0 Å². The molecule has 0 saturated heterocycles. The Hall–Kier alpha value is -1.93. The lowest BCUT2D eigenvalue weighted by atomic mass is 10.00. The van der Waals surface area contributed by atoms with Gasteiger partial charge in [-0.1, -0.05) is 99.7 Å². The Morgan fingerprint density at radius 3 is 2.12 bits per heavy atom. The predicted molar refractivity (Wildman–Crippen MR) is 110 cm³/mol. The van der Waals surface area contributed by atoms with E-state index in [1.54, 1.807) is 0 Å². The van der Waals surface area contributed by atoms with Gasteiger partial charge in [-0.2, -0.15) is 0 Å². The second-order valence-electron chi connectivity index (χ2n) is 7.15. The van der Waals surface area contributed by atoms with Gasteiger partial charge in [-0.25, -0.2) is 0 Å². The predicted octanol–water partition coefficient (Wildman–Crippen LogP) is 6.18. The molecule has 0 fully saturated rings. The minimum Gasteiger partial charge on any atom is -0.302 e. The number of carbonyl (C=O) groups is 1. The number of nitrogens with zero attached hydrogens (tertiary/aromatic N) is 1. The third-order valence-electron chi connectivity index (χ3n) is 5.17. The highest BCUT2D eigenvalue weighted by molar-refractivity contribution is 5.57. The molecule has 0 spiro atoms. The van der Waals surface area contributed by atoms with Crippen LogP contribution in [0.5, 0.6) is 0 Å². The second-order valence-corrected chi connectivity index (χ2v) is 7.15. The Kier molecular flexibility index (Phi) is 9.13. The summed E-state index contributed by atoms with van der Waals surface area (Å²) in [6.45, 7) is 5.25. The molecule has 0 unspecified atom stereocenters. The van der Waals surface area contributed by atoms with E-state index >= 15 is 0 Å². The molecule has 2 rings (SSSR count). The van der Waals surface area contributed by atoms with Gasteiger partial charge >= 0.3 is 0 Å². The number of rotatable bonds is 12. The largest absolute Gasteiger partial charge is 0.302 e. The highest BCUT2D eigenvalue weighted by atomic mass is 16.1. The molecule has 26 heavy (non-hydrogen) atoms. The minimum absolute atomic E-state index is 0.0351. The SMILES string of the molecule is CCCCCCC[C@H](C=O)N(Cc1ccccc1)[C@H](C)c1ccccc1. The fourth-order valence-electron chi connectivity index (χ4n) is 3.53. The standard InChI is InChI=1S/C24H33NO/c1-3-4-5-6-13-18-24(20-26)25(19-22-14-9-7-10-15-22)21(2)23-16-11-8-12-17-23/h7-12,14-17,20-21,24H,3-6,13,18-19H2,1-2H3/t21-,24-/m1/s1. The van der Waals surface area contributed by atoms with Crippen LogP contribution < -0.4 is 0 Å². The molecule has 140 valence electrons. The van der Waals surface area contributed by atoms with Gasteiger partial charge in [0.2, 0.25) is 0 Å². The normalized spacial score (nSPS) is 13.5. The summed E-state index contributed by atoms with van der Waals surface area (Å²) in [6.07, 6.45) is 8.25. The zero-order valence-corrected chi connectivity index (χ0v) is 16.3. The summed E-state index contributed by atoms with van der Waals surface area (Å²) < 4.78 is 0. The van der Waals surface area contributed by atoms with Gasteiger partial charge < -0.3 is 4.79 Å². The maximum Gasteiger partial charge on any atom is 0.137 e. The first kappa shape index (κ1) is 20.4. The van der Waals surface area contributed by atoms with Gasteiger partial charge in [0.1, 0.15) is 6.29 Å². The summed E-state index contributed by atoms with van der Waals surface area (Å²) in [4.78, 5) is 14.3. The Morgan fingerprint density at radius 2 is 1.50 bits per heavy atom. The monoisotopic (exact) mass is 351 g/mol. The van der Waals surface area contributed by atoms with Crippen molar-refractivity contribution in [3.05, 3.63) is 71.8 Å². The topological polar surface area (TPSA) is 20.3 Å². The maximum atomic E-state index is 12.0. The molecular weight excluding hydrogens is 318 g/mol. The molecule has 0 aliphatic carbocycles. The van der Waals surface area contributed by atoms with Crippen LogP contribution in [0.3, 0.4) is 0 Å². The lowest BCUT2D eigenvalue weighted by Crippen LogP contribution is -2.38. The van der Waals surface area contributed by atoms with E-state index in [9.17, 15) is 4.79 Å². The van der Waals surface area contributed by atoms with Gasteiger partial charge in [0.25, 0.3) is 0 Å². The Morgan fingerprint density at radius 1 is 0.885 bits per heavy atom.